The van der Waals surface area contributed by atoms with E-state index in [0.29, 0.717) is 22.8 Å². The SMILES string of the molecule is CCNC(=O)C(C)N(Cc1ccccc1C)C(=O)CN(c1cc(Cl)ccc1C)S(C)(=O)=O. The first-order valence-electron chi connectivity index (χ1n) is 10.3. The van der Waals surface area contributed by atoms with Gasteiger partial charge in [0.2, 0.25) is 21.8 Å². The van der Waals surface area contributed by atoms with Crippen molar-refractivity contribution in [2.24, 2.45) is 0 Å². The highest BCUT2D eigenvalue weighted by Gasteiger charge is 2.30. The molecule has 174 valence electrons. The Morgan fingerprint density at radius 1 is 1.09 bits per heavy atom. The van der Waals surface area contributed by atoms with Crippen LogP contribution in [-0.2, 0) is 26.2 Å². The van der Waals surface area contributed by atoms with Crippen LogP contribution in [0.2, 0.25) is 5.02 Å². The molecule has 0 spiro atoms. The number of carbonyl (C=O) groups is 2. The van der Waals surface area contributed by atoms with E-state index in [2.05, 4.69) is 5.32 Å². The minimum atomic E-state index is -3.80. The van der Waals surface area contributed by atoms with Crippen molar-refractivity contribution >= 4 is 39.1 Å². The molecule has 2 rings (SSSR count). The van der Waals surface area contributed by atoms with E-state index in [0.717, 1.165) is 21.7 Å². The van der Waals surface area contributed by atoms with E-state index in [1.54, 1.807) is 32.9 Å². The Kier molecular flexibility index (Phi) is 8.69. The Morgan fingerprint density at radius 2 is 1.75 bits per heavy atom. The molecule has 9 heteroatoms. The van der Waals surface area contributed by atoms with E-state index in [1.807, 2.05) is 31.2 Å². The number of amides is 2. The third-order valence-corrected chi connectivity index (χ3v) is 6.60. The zero-order valence-corrected chi connectivity index (χ0v) is 20.6. The molecule has 0 radical (unpaired) electrons. The number of likely N-dealkylation sites (N-methyl/N-ethyl adjacent to an activating group) is 1. The van der Waals surface area contributed by atoms with Crippen LogP contribution in [0.1, 0.15) is 30.5 Å². The lowest BCUT2D eigenvalue weighted by Crippen LogP contribution is -2.51. The van der Waals surface area contributed by atoms with Crippen molar-refractivity contribution in [3.63, 3.8) is 0 Å². The largest absolute Gasteiger partial charge is 0.355 e. The molecule has 0 aliphatic rings. The zero-order valence-electron chi connectivity index (χ0n) is 19.1. The molecule has 1 N–H and O–H groups in total. The van der Waals surface area contributed by atoms with Crippen LogP contribution in [0.15, 0.2) is 42.5 Å². The molecule has 0 saturated carbocycles. The number of hydrogen-bond acceptors (Lipinski definition) is 4. The number of anilines is 1. The fourth-order valence-corrected chi connectivity index (χ4v) is 4.39. The van der Waals surface area contributed by atoms with Gasteiger partial charge < -0.3 is 10.2 Å². The summed E-state index contributed by atoms with van der Waals surface area (Å²) >= 11 is 6.09. The summed E-state index contributed by atoms with van der Waals surface area (Å²) in [6.07, 6.45) is 1.04. The summed E-state index contributed by atoms with van der Waals surface area (Å²) in [5, 5.41) is 3.09. The van der Waals surface area contributed by atoms with Gasteiger partial charge >= 0.3 is 0 Å². The van der Waals surface area contributed by atoms with Crippen molar-refractivity contribution in [2.45, 2.75) is 40.3 Å². The van der Waals surface area contributed by atoms with Gasteiger partial charge in [-0.05, 0) is 56.5 Å². The van der Waals surface area contributed by atoms with Gasteiger partial charge in [0.25, 0.3) is 0 Å². The second kappa shape index (κ2) is 10.8. The van der Waals surface area contributed by atoms with E-state index < -0.39 is 28.5 Å². The highest BCUT2D eigenvalue weighted by atomic mass is 35.5. The third-order valence-electron chi connectivity index (χ3n) is 5.24. The Labute approximate surface area is 195 Å². The summed E-state index contributed by atoms with van der Waals surface area (Å²) in [6, 6.07) is 11.6. The maximum Gasteiger partial charge on any atom is 0.244 e. The van der Waals surface area contributed by atoms with Crippen LogP contribution in [0.25, 0.3) is 0 Å². The van der Waals surface area contributed by atoms with Gasteiger partial charge in [0.15, 0.2) is 0 Å². The molecule has 2 aromatic carbocycles. The normalized spacial score (nSPS) is 12.2. The zero-order chi connectivity index (χ0) is 24.1. The van der Waals surface area contributed by atoms with E-state index in [4.69, 9.17) is 11.6 Å². The smallest absolute Gasteiger partial charge is 0.244 e. The lowest BCUT2D eigenvalue weighted by Gasteiger charge is -2.32. The van der Waals surface area contributed by atoms with Crippen LogP contribution in [0, 0.1) is 13.8 Å². The summed E-state index contributed by atoms with van der Waals surface area (Å²) in [7, 11) is -3.80. The van der Waals surface area contributed by atoms with E-state index in [9.17, 15) is 18.0 Å². The molecule has 0 saturated heterocycles. The average molecular weight is 480 g/mol. The lowest BCUT2D eigenvalue weighted by atomic mass is 10.1. The van der Waals surface area contributed by atoms with E-state index in [-0.39, 0.29) is 12.5 Å². The monoisotopic (exact) mass is 479 g/mol. The number of nitrogens with zero attached hydrogens (tertiary/aromatic N) is 2. The number of hydrogen-bond donors (Lipinski definition) is 1. The van der Waals surface area contributed by atoms with Crippen molar-refractivity contribution in [1.29, 1.82) is 0 Å². The van der Waals surface area contributed by atoms with Crippen molar-refractivity contribution in [3.05, 3.63) is 64.2 Å². The van der Waals surface area contributed by atoms with Crippen LogP contribution >= 0.6 is 11.6 Å². The Hall–Kier alpha value is -2.58. The molecule has 1 unspecified atom stereocenters. The van der Waals surface area contributed by atoms with E-state index >= 15 is 0 Å². The Morgan fingerprint density at radius 3 is 2.34 bits per heavy atom. The number of sulfonamides is 1. The van der Waals surface area contributed by atoms with Crippen molar-refractivity contribution in [2.75, 3.05) is 23.7 Å². The Bertz CT molecular complexity index is 1090. The molecule has 1 atom stereocenters. The average Bonchev–Trinajstić information content (AvgIpc) is 2.72. The maximum absolute atomic E-state index is 13.4. The van der Waals surface area contributed by atoms with Gasteiger partial charge in [-0.25, -0.2) is 8.42 Å². The first-order valence-corrected chi connectivity index (χ1v) is 12.5. The minimum absolute atomic E-state index is 0.177. The second-order valence-corrected chi connectivity index (χ2v) is 10.1. The van der Waals surface area contributed by atoms with Gasteiger partial charge in [0.05, 0.1) is 11.9 Å². The Balaban J connectivity index is 2.45. The van der Waals surface area contributed by atoms with Gasteiger partial charge in [-0.2, -0.15) is 0 Å². The summed E-state index contributed by atoms with van der Waals surface area (Å²) in [5.41, 5.74) is 2.84. The molecule has 32 heavy (non-hydrogen) atoms. The molecule has 0 aliphatic carbocycles. The van der Waals surface area contributed by atoms with E-state index in [1.165, 1.54) is 11.0 Å². The molecule has 2 aromatic rings. The molecule has 0 heterocycles. The maximum atomic E-state index is 13.4. The number of rotatable bonds is 9. The predicted molar refractivity (Wildman–Crippen MR) is 128 cm³/mol. The first kappa shape index (κ1) is 25.7. The van der Waals surface area contributed by atoms with Crippen molar-refractivity contribution < 1.29 is 18.0 Å². The summed E-state index contributed by atoms with van der Waals surface area (Å²) in [4.78, 5) is 27.4. The fraction of sp³-hybridized carbons (Fsp3) is 0.391. The number of halogens is 1. The quantitative estimate of drug-likeness (QED) is 0.598. The number of carbonyl (C=O) groups excluding carboxylic acids is 2. The second-order valence-electron chi connectivity index (χ2n) is 7.72. The lowest BCUT2D eigenvalue weighted by molar-refractivity contribution is -0.139. The highest BCUT2D eigenvalue weighted by molar-refractivity contribution is 7.92. The van der Waals surface area contributed by atoms with Crippen LogP contribution < -0.4 is 9.62 Å². The molecule has 0 aliphatic heterocycles. The van der Waals surface area contributed by atoms with Gasteiger partial charge in [0, 0.05) is 18.1 Å². The minimum Gasteiger partial charge on any atom is -0.355 e. The van der Waals surface area contributed by atoms with Crippen LogP contribution in [0.5, 0.6) is 0 Å². The van der Waals surface area contributed by atoms with Crippen molar-refractivity contribution in [3.8, 4) is 0 Å². The molecule has 0 aromatic heterocycles. The predicted octanol–water partition coefficient (Wildman–Crippen LogP) is 3.28. The molecule has 0 bridgehead atoms. The van der Waals surface area contributed by atoms with Gasteiger partial charge in [0.1, 0.15) is 12.6 Å². The third kappa shape index (κ3) is 6.46. The fourth-order valence-electron chi connectivity index (χ4n) is 3.32. The number of benzene rings is 2. The molecule has 0 fully saturated rings. The summed E-state index contributed by atoms with van der Waals surface area (Å²) in [6.45, 7) is 7.25. The van der Waals surface area contributed by atoms with Crippen molar-refractivity contribution in [1.82, 2.24) is 10.2 Å². The number of nitrogens with one attached hydrogen (secondary N) is 1. The van der Waals surface area contributed by atoms with Crippen LogP contribution in [-0.4, -0.2) is 50.5 Å². The van der Waals surface area contributed by atoms with Gasteiger partial charge in [-0.15, -0.1) is 0 Å². The van der Waals surface area contributed by atoms with Crippen LogP contribution in [0.3, 0.4) is 0 Å². The molecule has 2 amide bonds. The number of aryl methyl sites for hydroxylation is 2. The van der Waals surface area contributed by atoms with Crippen LogP contribution in [0.4, 0.5) is 5.69 Å². The molecule has 7 nitrogen and oxygen atoms in total. The molecular weight excluding hydrogens is 450 g/mol. The summed E-state index contributed by atoms with van der Waals surface area (Å²) in [5.74, 6) is -0.795. The van der Waals surface area contributed by atoms with Gasteiger partial charge in [-0.3, -0.25) is 13.9 Å². The highest BCUT2D eigenvalue weighted by Crippen LogP contribution is 2.26. The van der Waals surface area contributed by atoms with Gasteiger partial charge in [-0.1, -0.05) is 41.9 Å². The summed E-state index contributed by atoms with van der Waals surface area (Å²) < 4.78 is 26.2. The first-order chi connectivity index (χ1) is 15.0. The standard InChI is InChI=1S/C23H30ClN3O4S/c1-6-25-23(29)18(4)26(14-19-10-8-7-9-16(19)2)22(28)15-27(32(5,30)31)21-13-20(24)12-11-17(21)3/h7-13,18H,6,14-15H2,1-5H3,(H,25,29). The topological polar surface area (TPSA) is 86.8 Å². The molecular formula is C23H30ClN3O4S.